The van der Waals surface area contributed by atoms with Crippen molar-refractivity contribution in [3.05, 3.63) is 17.7 Å². The summed E-state index contributed by atoms with van der Waals surface area (Å²) in [7, 11) is 0. The van der Waals surface area contributed by atoms with E-state index < -0.39 is 5.75 Å². The van der Waals surface area contributed by atoms with Crippen molar-refractivity contribution < 1.29 is 15.3 Å². The highest BCUT2D eigenvalue weighted by molar-refractivity contribution is 5.53. The molecule has 1 aliphatic carbocycles. The Morgan fingerprint density at radius 2 is 1.63 bits per heavy atom. The van der Waals surface area contributed by atoms with Gasteiger partial charge in [0.2, 0.25) is 5.75 Å². The first-order chi connectivity index (χ1) is 8.97. The van der Waals surface area contributed by atoms with Gasteiger partial charge in [0.1, 0.15) is 0 Å². The predicted molar refractivity (Wildman–Crippen MR) is 74.2 cm³/mol. The van der Waals surface area contributed by atoms with E-state index in [1.807, 2.05) is 0 Å². The molecule has 0 amide bonds. The maximum atomic E-state index is 9.76. The van der Waals surface area contributed by atoms with Crippen molar-refractivity contribution in [1.29, 1.82) is 0 Å². The molecule has 1 aliphatic rings. The Labute approximate surface area is 114 Å². The van der Waals surface area contributed by atoms with Gasteiger partial charge >= 0.3 is 0 Å². The Morgan fingerprint density at radius 1 is 1.00 bits per heavy atom. The van der Waals surface area contributed by atoms with Crippen molar-refractivity contribution >= 4 is 0 Å². The standard InChI is InChI=1S/C15H23NO3/c1-9-5-10(2)7-12(6-9)16-8-11-3-4-13(17)15(19)14(11)18/h3-4,9-10,12,16-19H,5-8H2,1-2H3. The number of hydrogen-bond acceptors (Lipinski definition) is 4. The van der Waals surface area contributed by atoms with Gasteiger partial charge in [-0.2, -0.15) is 0 Å². The molecule has 0 aliphatic heterocycles. The molecule has 2 unspecified atom stereocenters. The normalized spacial score (nSPS) is 27.4. The van der Waals surface area contributed by atoms with Crippen molar-refractivity contribution in [2.24, 2.45) is 11.8 Å². The van der Waals surface area contributed by atoms with Gasteiger partial charge in [-0.05, 0) is 37.2 Å². The first kappa shape index (κ1) is 14.0. The molecular weight excluding hydrogens is 242 g/mol. The molecule has 1 aromatic rings. The Hall–Kier alpha value is -1.42. The van der Waals surface area contributed by atoms with E-state index in [-0.39, 0.29) is 11.5 Å². The van der Waals surface area contributed by atoms with Crippen molar-refractivity contribution in [1.82, 2.24) is 5.32 Å². The second-order valence-corrected chi connectivity index (χ2v) is 5.94. The minimum atomic E-state index is -0.440. The highest BCUT2D eigenvalue weighted by Gasteiger charge is 2.23. The molecule has 19 heavy (non-hydrogen) atoms. The maximum absolute atomic E-state index is 9.76. The van der Waals surface area contributed by atoms with Crippen LogP contribution in [0.15, 0.2) is 12.1 Å². The molecule has 106 valence electrons. The molecule has 4 nitrogen and oxygen atoms in total. The summed E-state index contributed by atoms with van der Waals surface area (Å²) in [6.45, 7) is 5.05. The van der Waals surface area contributed by atoms with Crippen molar-refractivity contribution in [2.75, 3.05) is 0 Å². The lowest BCUT2D eigenvalue weighted by Gasteiger charge is -2.32. The molecule has 0 bridgehead atoms. The molecule has 2 rings (SSSR count). The third kappa shape index (κ3) is 3.32. The van der Waals surface area contributed by atoms with E-state index in [4.69, 9.17) is 0 Å². The molecule has 0 heterocycles. The number of hydrogen-bond donors (Lipinski definition) is 4. The Bertz CT molecular complexity index is 437. The smallest absolute Gasteiger partial charge is 0.200 e. The first-order valence-electron chi connectivity index (χ1n) is 6.93. The minimum Gasteiger partial charge on any atom is -0.504 e. The average molecular weight is 265 g/mol. The van der Waals surface area contributed by atoms with Gasteiger partial charge in [-0.25, -0.2) is 0 Å². The van der Waals surface area contributed by atoms with Gasteiger partial charge in [-0.3, -0.25) is 0 Å². The third-order valence-corrected chi connectivity index (χ3v) is 3.97. The molecule has 4 N–H and O–H groups in total. The summed E-state index contributed by atoms with van der Waals surface area (Å²) in [4.78, 5) is 0. The lowest BCUT2D eigenvalue weighted by Crippen LogP contribution is -2.35. The lowest BCUT2D eigenvalue weighted by molar-refractivity contribution is 0.237. The molecule has 2 atom stereocenters. The molecule has 1 saturated carbocycles. The summed E-state index contributed by atoms with van der Waals surface area (Å²) < 4.78 is 0. The Balaban J connectivity index is 1.97. The fourth-order valence-electron chi connectivity index (χ4n) is 3.12. The van der Waals surface area contributed by atoms with Gasteiger partial charge in [-0.15, -0.1) is 0 Å². The largest absolute Gasteiger partial charge is 0.504 e. The van der Waals surface area contributed by atoms with E-state index in [0.717, 1.165) is 24.7 Å². The van der Waals surface area contributed by atoms with Gasteiger partial charge in [0.05, 0.1) is 0 Å². The molecule has 0 saturated heterocycles. The van der Waals surface area contributed by atoms with Gasteiger partial charge in [-0.1, -0.05) is 19.9 Å². The summed E-state index contributed by atoms with van der Waals surface area (Å²) in [5.41, 5.74) is 0.612. The molecule has 0 aromatic heterocycles. The van der Waals surface area contributed by atoms with Gasteiger partial charge in [0.15, 0.2) is 11.5 Å². The first-order valence-corrected chi connectivity index (χ1v) is 6.93. The molecule has 1 aromatic carbocycles. The highest BCUT2D eigenvalue weighted by Crippen LogP contribution is 2.37. The van der Waals surface area contributed by atoms with Crippen molar-refractivity contribution in [3.8, 4) is 17.2 Å². The zero-order valence-corrected chi connectivity index (χ0v) is 11.6. The number of phenolic OH excluding ortho intramolecular Hbond substituents is 3. The van der Waals surface area contributed by atoms with Crippen LogP contribution in [0.2, 0.25) is 0 Å². The summed E-state index contributed by atoms with van der Waals surface area (Å²) in [5, 5.41) is 32.0. The van der Waals surface area contributed by atoms with E-state index in [9.17, 15) is 15.3 Å². The van der Waals surface area contributed by atoms with Crippen molar-refractivity contribution in [3.63, 3.8) is 0 Å². The van der Waals surface area contributed by atoms with E-state index in [1.165, 1.54) is 12.5 Å². The minimum absolute atomic E-state index is 0.232. The average Bonchev–Trinajstić information content (AvgIpc) is 2.34. The van der Waals surface area contributed by atoms with Gasteiger partial charge in [0.25, 0.3) is 0 Å². The van der Waals surface area contributed by atoms with Crippen LogP contribution in [-0.2, 0) is 6.54 Å². The van der Waals surface area contributed by atoms with E-state index in [1.54, 1.807) is 6.07 Å². The predicted octanol–water partition coefficient (Wildman–Crippen LogP) is 2.72. The third-order valence-electron chi connectivity index (χ3n) is 3.97. The fraction of sp³-hybridized carbons (Fsp3) is 0.600. The second-order valence-electron chi connectivity index (χ2n) is 5.94. The Kier molecular flexibility index (Phi) is 4.20. The van der Waals surface area contributed by atoms with Crippen LogP contribution in [0, 0.1) is 11.8 Å². The van der Waals surface area contributed by atoms with Crippen LogP contribution in [0.1, 0.15) is 38.7 Å². The number of aromatic hydroxyl groups is 3. The maximum Gasteiger partial charge on any atom is 0.200 e. The van der Waals surface area contributed by atoms with E-state index in [2.05, 4.69) is 19.2 Å². The van der Waals surface area contributed by atoms with Crippen LogP contribution in [0.4, 0.5) is 0 Å². The highest BCUT2D eigenvalue weighted by atomic mass is 16.3. The molecule has 4 heteroatoms. The Morgan fingerprint density at radius 3 is 2.26 bits per heavy atom. The van der Waals surface area contributed by atoms with E-state index >= 15 is 0 Å². The topological polar surface area (TPSA) is 72.7 Å². The zero-order valence-electron chi connectivity index (χ0n) is 11.6. The van der Waals surface area contributed by atoms with Crippen LogP contribution in [0.25, 0.3) is 0 Å². The number of rotatable bonds is 3. The lowest BCUT2D eigenvalue weighted by atomic mass is 9.80. The molecule has 0 radical (unpaired) electrons. The molecular formula is C15H23NO3. The van der Waals surface area contributed by atoms with Gasteiger partial charge in [0, 0.05) is 18.2 Å². The van der Waals surface area contributed by atoms with Crippen LogP contribution < -0.4 is 5.32 Å². The number of benzene rings is 1. The van der Waals surface area contributed by atoms with Crippen LogP contribution in [0.5, 0.6) is 17.2 Å². The zero-order chi connectivity index (χ0) is 14.0. The fourth-order valence-corrected chi connectivity index (χ4v) is 3.12. The monoisotopic (exact) mass is 265 g/mol. The number of phenols is 3. The summed E-state index contributed by atoms with van der Waals surface area (Å²) in [5.74, 6) is 0.487. The second kappa shape index (κ2) is 5.70. The summed E-state index contributed by atoms with van der Waals surface area (Å²) in [6, 6.07) is 3.49. The van der Waals surface area contributed by atoms with Crippen molar-refractivity contribution in [2.45, 2.75) is 45.7 Å². The van der Waals surface area contributed by atoms with Gasteiger partial charge < -0.3 is 20.6 Å². The SMILES string of the molecule is CC1CC(C)CC(NCc2ccc(O)c(O)c2O)C1. The van der Waals surface area contributed by atoms with Crippen LogP contribution in [-0.4, -0.2) is 21.4 Å². The summed E-state index contributed by atoms with van der Waals surface area (Å²) >= 11 is 0. The van der Waals surface area contributed by atoms with Crippen LogP contribution in [0.3, 0.4) is 0 Å². The number of nitrogens with one attached hydrogen (secondary N) is 1. The molecule has 1 fully saturated rings. The molecule has 0 spiro atoms. The quantitative estimate of drug-likeness (QED) is 0.634. The van der Waals surface area contributed by atoms with Crippen LogP contribution >= 0.6 is 0 Å². The van der Waals surface area contributed by atoms with E-state index in [0.29, 0.717) is 18.2 Å². The summed E-state index contributed by atoms with van der Waals surface area (Å²) in [6.07, 6.45) is 3.58.